The van der Waals surface area contributed by atoms with Crippen LogP contribution in [0.2, 0.25) is 0 Å². The molecule has 3 rings (SSSR count). The molecule has 0 aromatic heterocycles. The van der Waals surface area contributed by atoms with Crippen LogP contribution in [0, 0.1) is 13.8 Å². The smallest absolute Gasteiger partial charge is 0.243 e. The van der Waals surface area contributed by atoms with Gasteiger partial charge in [-0.2, -0.15) is 0 Å². The van der Waals surface area contributed by atoms with Gasteiger partial charge < -0.3 is 15.0 Å². The molecule has 43 heavy (non-hydrogen) atoms. The van der Waals surface area contributed by atoms with Gasteiger partial charge in [0.1, 0.15) is 11.8 Å². The van der Waals surface area contributed by atoms with Crippen molar-refractivity contribution in [3.05, 3.63) is 95.1 Å². The van der Waals surface area contributed by atoms with Gasteiger partial charge in [-0.05, 0) is 67.1 Å². The number of ether oxygens (including phenoxy) is 1. The van der Waals surface area contributed by atoms with Gasteiger partial charge in [0, 0.05) is 32.5 Å². The Bertz CT molecular complexity index is 1460. The minimum absolute atomic E-state index is 0.0778. The molecule has 0 radical (unpaired) electrons. The van der Waals surface area contributed by atoms with Crippen molar-refractivity contribution in [2.45, 2.75) is 65.5 Å². The number of sulfonamides is 1. The van der Waals surface area contributed by atoms with Gasteiger partial charge in [-0.15, -0.1) is 0 Å². The topological polar surface area (TPSA) is 96.0 Å². The number of rotatable bonds is 16. The molecule has 0 saturated carbocycles. The van der Waals surface area contributed by atoms with Crippen molar-refractivity contribution in [2.24, 2.45) is 0 Å². The molecule has 1 N–H and O–H groups in total. The zero-order valence-electron chi connectivity index (χ0n) is 26.0. The lowest BCUT2D eigenvalue weighted by Gasteiger charge is -2.32. The minimum Gasteiger partial charge on any atom is -0.497 e. The van der Waals surface area contributed by atoms with Crippen molar-refractivity contribution in [1.82, 2.24) is 10.2 Å². The zero-order valence-corrected chi connectivity index (χ0v) is 26.8. The van der Waals surface area contributed by atoms with E-state index in [2.05, 4.69) is 12.2 Å². The summed E-state index contributed by atoms with van der Waals surface area (Å²) in [5, 5.41) is 3.03. The Balaban J connectivity index is 1.91. The van der Waals surface area contributed by atoms with Gasteiger partial charge in [0.2, 0.25) is 21.8 Å². The van der Waals surface area contributed by atoms with E-state index in [4.69, 9.17) is 4.74 Å². The molecule has 0 aliphatic heterocycles. The molecule has 0 unspecified atom stereocenters. The molecule has 232 valence electrons. The number of amides is 2. The van der Waals surface area contributed by atoms with E-state index in [1.807, 2.05) is 86.6 Å². The molecular weight excluding hydrogens is 562 g/mol. The number of unbranched alkanes of at least 4 members (excludes halogenated alkanes) is 1. The molecule has 3 aromatic carbocycles. The monoisotopic (exact) mass is 607 g/mol. The Labute approximate surface area is 257 Å². The number of anilines is 1. The van der Waals surface area contributed by atoms with Crippen molar-refractivity contribution in [3.63, 3.8) is 0 Å². The van der Waals surface area contributed by atoms with Crippen molar-refractivity contribution in [1.29, 1.82) is 0 Å². The third-order valence-electron chi connectivity index (χ3n) is 7.37. The molecule has 0 saturated heterocycles. The highest BCUT2D eigenvalue weighted by Gasteiger charge is 2.30. The maximum absolute atomic E-state index is 14.0. The maximum Gasteiger partial charge on any atom is 0.243 e. The van der Waals surface area contributed by atoms with Crippen LogP contribution in [0.3, 0.4) is 0 Å². The van der Waals surface area contributed by atoms with Gasteiger partial charge in [-0.25, -0.2) is 8.42 Å². The van der Waals surface area contributed by atoms with E-state index in [0.717, 1.165) is 35.1 Å². The Kier molecular flexibility index (Phi) is 12.6. The number of methoxy groups -OCH3 is 1. The van der Waals surface area contributed by atoms with Gasteiger partial charge in [0.05, 0.1) is 19.1 Å². The van der Waals surface area contributed by atoms with Gasteiger partial charge in [-0.3, -0.25) is 13.9 Å². The highest BCUT2D eigenvalue weighted by Crippen LogP contribution is 2.25. The van der Waals surface area contributed by atoms with Crippen LogP contribution in [0.4, 0.5) is 5.69 Å². The molecule has 0 fully saturated rings. The van der Waals surface area contributed by atoms with Crippen LogP contribution < -0.4 is 14.4 Å². The molecule has 0 bridgehead atoms. The Morgan fingerprint density at radius 1 is 0.930 bits per heavy atom. The summed E-state index contributed by atoms with van der Waals surface area (Å²) in [5.74, 6) is 0.236. The molecule has 1 atom stereocenters. The molecule has 0 aliphatic carbocycles. The second kappa shape index (κ2) is 16.1. The second-order valence-corrected chi connectivity index (χ2v) is 12.9. The van der Waals surface area contributed by atoms with Crippen LogP contribution >= 0.6 is 0 Å². The van der Waals surface area contributed by atoms with Gasteiger partial charge in [-0.1, -0.05) is 67.9 Å². The number of aryl methyl sites for hydroxylation is 2. The van der Waals surface area contributed by atoms with Crippen molar-refractivity contribution < 1.29 is 22.7 Å². The number of carbonyl (C=O) groups is 2. The number of benzene rings is 3. The van der Waals surface area contributed by atoms with Gasteiger partial charge >= 0.3 is 0 Å². The Morgan fingerprint density at radius 2 is 1.65 bits per heavy atom. The highest BCUT2D eigenvalue weighted by atomic mass is 32.2. The van der Waals surface area contributed by atoms with E-state index >= 15 is 0 Å². The van der Waals surface area contributed by atoms with E-state index in [1.165, 1.54) is 10.6 Å². The fourth-order valence-electron chi connectivity index (χ4n) is 5.00. The van der Waals surface area contributed by atoms with Crippen LogP contribution in [0.5, 0.6) is 5.75 Å². The quantitative estimate of drug-likeness (QED) is 0.220. The largest absolute Gasteiger partial charge is 0.497 e. The zero-order chi connectivity index (χ0) is 31.4. The molecule has 0 spiro atoms. The van der Waals surface area contributed by atoms with Crippen molar-refractivity contribution in [3.8, 4) is 5.75 Å². The highest BCUT2D eigenvalue weighted by molar-refractivity contribution is 7.92. The second-order valence-electron chi connectivity index (χ2n) is 11.0. The van der Waals surface area contributed by atoms with Crippen LogP contribution in [0.1, 0.15) is 54.9 Å². The first-order chi connectivity index (χ1) is 20.5. The Hall–Kier alpha value is -3.85. The molecule has 2 amide bonds. The molecule has 0 aliphatic rings. The number of carbonyl (C=O) groups excluding carboxylic acids is 2. The van der Waals surface area contributed by atoms with E-state index in [9.17, 15) is 18.0 Å². The summed E-state index contributed by atoms with van der Waals surface area (Å²) >= 11 is 0. The fraction of sp³-hybridized carbons (Fsp3) is 0.412. The predicted octanol–water partition coefficient (Wildman–Crippen LogP) is 5.41. The summed E-state index contributed by atoms with van der Waals surface area (Å²) in [7, 11) is -2.00. The summed E-state index contributed by atoms with van der Waals surface area (Å²) in [6.07, 6.45) is 3.69. The number of nitrogens with zero attached hydrogens (tertiary/aromatic N) is 2. The number of hydrogen-bond acceptors (Lipinski definition) is 5. The molecule has 9 heteroatoms. The third-order valence-corrected chi connectivity index (χ3v) is 8.55. The summed E-state index contributed by atoms with van der Waals surface area (Å²) in [4.78, 5) is 29.3. The standard InChI is InChI=1S/C34H45N3O5S/c1-6-7-20-35-34(39)32(24-28-13-9-8-10-14-28)36(25-29-15-11-16-30(23-29)42-4)33(38)17-12-21-37(43(5,40)41)31-22-26(2)18-19-27(31)3/h8-11,13-16,18-19,22-23,32H,6-7,12,17,20-21,24-25H2,1-5H3,(H,35,39)/t32-/m1/s1. The summed E-state index contributed by atoms with van der Waals surface area (Å²) in [6.45, 7) is 6.74. The van der Waals surface area contributed by atoms with Gasteiger partial charge in [0.25, 0.3) is 0 Å². The predicted molar refractivity (Wildman–Crippen MR) is 173 cm³/mol. The Morgan fingerprint density at radius 3 is 2.33 bits per heavy atom. The lowest BCUT2D eigenvalue weighted by atomic mass is 10.0. The van der Waals surface area contributed by atoms with Crippen LogP contribution in [-0.4, -0.2) is 57.6 Å². The molecular formula is C34H45N3O5S. The fourth-order valence-corrected chi connectivity index (χ4v) is 6.01. The van der Waals surface area contributed by atoms with Crippen LogP contribution in [0.15, 0.2) is 72.8 Å². The summed E-state index contributed by atoms with van der Waals surface area (Å²) in [5.41, 5.74) is 4.18. The first-order valence-electron chi connectivity index (χ1n) is 14.8. The maximum atomic E-state index is 14.0. The third kappa shape index (κ3) is 10.1. The molecule has 8 nitrogen and oxygen atoms in total. The average Bonchev–Trinajstić information content (AvgIpc) is 2.98. The average molecular weight is 608 g/mol. The van der Waals surface area contributed by atoms with E-state index in [-0.39, 0.29) is 31.3 Å². The number of hydrogen-bond donors (Lipinski definition) is 1. The SMILES string of the molecule is CCCCNC(=O)[C@@H](Cc1ccccc1)N(Cc1cccc(OC)c1)C(=O)CCCN(c1cc(C)ccc1C)S(C)(=O)=O. The summed E-state index contributed by atoms with van der Waals surface area (Å²) < 4.78 is 32.4. The van der Waals surface area contributed by atoms with E-state index in [0.29, 0.717) is 30.8 Å². The van der Waals surface area contributed by atoms with Crippen LogP contribution in [-0.2, 0) is 32.6 Å². The number of nitrogens with one attached hydrogen (secondary N) is 1. The van der Waals surface area contributed by atoms with E-state index < -0.39 is 16.1 Å². The lowest BCUT2D eigenvalue weighted by Crippen LogP contribution is -2.50. The minimum atomic E-state index is -3.58. The first kappa shape index (κ1) is 33.6. The van der Waals surface area contributed by atoms with Gasteiger partial charge in [0.15, 0.2) is 0 Å². The van der Waals surface area contributed by atoms with E-state index in [1.54, 1.807) is 12.0 Å². The lowest BCUT2D eigenvalue weighted by molar-refractivity contribution is -0.141. The van der Waals surface area contributed by atoms with Crippen molar-refractivity contribution in [2.75, 3.05) is 30.8 Å². The molecule has 3 aromatic rings. The normalized spacial score (nSPS) is 11.9. The first-order valence-corrected chi connectivity index (χ1v) is 16.7. The summed E-state index contributed by atoms with van der Waals surface area (Å²) in [6, 6.07) is 22.1. The molecule has 0 heterocycles. The van der Waals surface area contributed by atoms with Crippen LogP contribution in [0.25, 0.3) is 0 Å². The van der Waals surface area contributed by atoms with Crippen molar-refractivity contribution >= 4 is 27.5 Å².